The van der Waals surface area contributed by atoms with Crippen molar-refractivity contribution < 1.29 is 23.8 Å². The molecule has 0 bridgehead atoms. The number of aromatic carboxylic acids is 1. The van der Waals surface area contributed by atoms with E-state index in [0.29, 0.717) is 26.9 Å². The number of rotatable bonds is 6. The average Bonchev–Trinajstić information content (AvgIpc) is 3.06. The fraction of sp³-hybridized carbons (Fsp3) is 0.0800. The van der Waals surface area contributed by atoms with E-state index in [2.05, 4.69) is 4.99 Å². The summed E-state index contributed by atoms with van der Waals surface area (Å²) in [6.07, 6.45) is 1.65. The van der Waals surface area contributed by atoms with E-state index in [0.717, 1.165) is 0 Å². The third-order valence-electron chi connectivity index (χ3n) is 4.93. The van der Waals surface area contributed by atoms with Crippen LogP contribution in [0.3, 0.4) is 0 Å². The van der Waals surface area contributed by atoms with Gasteiger partial charge in [-0.3, -0.25) is 9.69 Å². The van der Waals surface area contributed by atoms with Crippen molar-refractivity contribution in [2.75, 3.05) is 7.05 Å². The maximum atomic E-state index is 13.4. The average molecular weight is 531 g/mol. The van der Waals surface area contributed by atoms with E-state index in [4.69, 9.17) is 33.0 Å². The van der Waals surface area contributed by atoms with Gasteiger partial charge in [0.25, 0.3) is 5.91 Å². The number of aliphatic imine (C=N–C) groups is 1. The Morgan fingerprint density at radius 1 is 1.14 bits per heavy atom. The number of carboxylic acids is 1. The molecule has 35 heavy (non-hydrogen) atoms. The highest BCUT2D eigenvalue weighted by Crippen LogP contribution is 2.38. The number of hydrogen-bond acceptors (Lipinski definition) is 5. The van der Waals surface area contributed by atoms with Crippen LogP contribution in [0.4, 0.5) is 10.1 Å². The second-order valence-corrected chi connectivity index (χ2v) is 9.28. The summed E-state index contributed by atoms with van der Waals surface area (Å²) < 4.78 is 19.1. The summed E-state index contributed by atoms with van der Waals surface area (Å²) in [7, 11) is 1.60. The van der Waals surface area contributed by atoms with Gasteiger partial charge >= 0.3 is 5.97 Å². The predicted molar refractivity (Wildman–Crippen MR) is 136 cm³/mol. The summed E-state index contributed by atoms with van der Waals surface area (Å²) in [6.45, 7) is 0.0873. The third-order valence-corrected chi connectivity index (χ3v) is 6.55. The van der Waals surface area contributed by atoms with Gasteiger partial charge in [-0.25, -0.2) is 14.2 Å². The molecule has 10 heteroatoms. The van der Waals surface area contributed by atoms with Gasteiger partial charge in [-0.2, -0.15) is 0 Å². The topological polar surface area (TPSA) is 79.2 Å². The molecule has 0 radical (unpaired) electrons. The number of carbonyl (C=O) groups is 2. The SMILES string of the molecule is CN1C(=O)C(=Cc2cc(Cl)c(OCc3cccc(F)c3)c(Cl)c2)SC1=Nc1ccc(C(=O)O)cc1. The minimum atomic E-state index is -1.03. The molecule has 0 unspecified atom stereocenters. The zero-order chi connectivity index (χ0) is 25.1. The van der Waals surface area contributed by atoms with Crippen LogP contribution < -0.4 is 4.74 Å². The Bertz CT molecular complexity index is 1350. The minimum Gasteiger partial charge on any atom is -0.486 e. The fourth-order valence-corrected chi connectivity index (χ4v) is 4.77. The lowest BCUT2D eigenvalue weighted by atomic mass is 10.2. The number of ether oxygens (including phenoxy) is 1. The van der Waals surface area contributed by atoms with Gasteiger partial charge in [0, 0.05) is 7.05 Å². The van der Waals surface area contributed by atoms with E-state index in [1.807, 2.05) is 0 Å². The van der Waals surface area contributed by atoms with Crippen LogP contribution in [0.5, 0.6) is 5.75 Å². The Morgan fingerprint density at radius 2 is 1.83 bits per heavy atom. The summed E-state index contributed by atoms with van der Waals surface area (Å²) in [4.78, 5) is 30.0. The lowest BCUT2D eigenvalue weighted by Gasteiger charge is -2.11. The van der Waals surface area contributed by atoms with Crippen LogP contribution in [0.15, 0.2) is 70.6 Å². The van der Waals surface area contributed by atoms with Crippen LogP contribution in [-0.2, 0) is 11.4 Å². The third kappa shape index (κ3) is 5.85. The number of thioether (sulfide) groups is 1. The van der Waals surface area contributed by atoms with Crippen LogP contribution in [0, 0.1) is 5.82 Å². The fourth-order valence-electron chi connectivity index (χ4n) is 3.17. The van der Waals surface area contributed by atoms with Crippen molar-refractivity contribution in [2.45, 2.75) is 6.61 Å². The number of amidine groups is 1. The van der Waals surface area contributed by atoms with E-state index in [9.17, 15) is 14.0 Å². The van der Waals surface area contributed by atoms with Crippen molar-refractivity contribution >= 4 is 63.8 Å². The van der Waals surface area contributed by atoms with E-state index < -0.39 is 5.97 Å². The van der Waals surface area contributed by atoms with Crippen LogP contribution in [-0.4, -0.2) is 34.1 Å². The van der Waals surface area contributed by atoms with Crippen molar-refractivity contribution in [1.29, 1.82) is 0 Å². The summed E-state index contributed by atoms with van der Waals surface area (Å²) >= 11 is 13.9. The normalized spacial score (nSPS) is 15.8. The summed E-state index contributed by atoms with van der Waals surface area (Å²) in [6, 6.07) is 15.3. The molecule has 3 aromatic carbocycles. The maximum absolute atomic E-state index is 13.4. The molecule has 1 amide bonds. The first-order chi connectivity index (χ1) is 16.7. The lowest BCUT2D eigenvalue weighted by molar-refractivity contribution is -0.121. The van der Waals surface area contributed by atoms with Crippen molar-refractivity contribution in [3.63, 3.8) is 0 Å². The molecule has 1 N–H and O–H groups in total. The Morgan fingerprint density at radius 3 is 2.46 bits per heavy atom. The molecule has 6 nitrogen and oxygen atoms in total. The van der Waals surface area contributed by atoms with Gasteiger partial charge in [-0.15, -0.1) is 0 Å². The molecule has 1 fully saturated rings. The van der Waals surface area contributed by atoms with Gasteiger partial charge in [0.15, 0.2) is 10.9 Å². The summed E-state index contributed by atoms with van der Waals surface area (Å²) in [5.41, 5.74) is 1.89. The van der Waals surface area contributed by atoms with Crippen molar-refractivity contribution in [1.82, 2.24) is 4.90 Å². The molecule has 1 saturated heterocycles. The number of nitrogens with zero attached hydrogens (tertiary/aromatic N) is 2. The molecule has 1 aliphatic rings. The number of carboxylic acid groups (broad SMARTS) is 1. The molecule has 4 rings (SSSR count). The molecule has 1 aliphatic heterocycles. The van der Waals surface area contributed by atoms with Crippen LogP contribution in [0.25, 0.3) is 6.08 Å². The van der Waals surface area contributed by atoms with Gasteiger partial charge in [0.1, 0.15) is 12.4 Å². The highest BCUT2D eigenvalue weighted by atomic mass is 35.5. The van der Waals surface area contributed by atoms with E-state index in [1.165, 1.54) is 40.9 Å². The van der Waals surface area contributed by atoms with Gasteiger partial charge < -0.3 is 9.84 Å². The number of hydrogen-bond donors (Lipinski definition) is 1. The van der Waals surface area contributed by atoms with E-state index in [1.54, 1.807) is 49.5 Å². The predicted octanol–water partition coefficient (Wildman–Crippen LogP) is 6.64. The second-order valence-electron chi connectivity index (χ2n) is 7.45. The maximum Gasteiger partial charge on any atom is 0.335 e. The highest BCUT2D eigenvalue weighted by molar-refractivity contribution is 8.18. The molecule has 0 atom stereocenters. The van der Waals surface area contributed by atoms with Gasteiger partial charge in [0.05, 0.1) is 26.2 Å². The first-order valence-electron chi connectivity index (χ1n) is 10.2. The molecule has 1 heterocycles. The standard InChI is InChI=1S/C25H17Cl2FN2O4S/c1-30-23(31)21(35-25(30)29-18-7-5-16(6-8-18)24(32)33)12-15-10-19(26)22(20(27)11-15)34-13-14-3-2-4-17(28)9-14/h2-12H,13H2,1H3,(H,32,33). The number of benzene rings is 3. The minimum absolute atomic E-state index is 0.0873. The summed E-state index contributed by atoms with van der Waals surface area (Å²) in [5, 5.41) is 9.95. The molecular formula is C25H17Cl2FN2O4S. The number of halogens is 3. The van der Waals surface area contributed by atoms with Crippen molar-refractivity contribution in [3.05, 3.63) is 98.1 Å². The lowest BCUT2D eigenvalue weighted by Crippen LogP contribution is -2.23. The van der Waals surface area contributed by atoms with E-state index in [-0.39, 0.29) is 39.7 Å². The Hall–Kier alpha value is -3.33. The first-order valence-corrected chi connectivity index (χ1v) is 11.7. The zero-order valence-electron chi connectivity index (χ0n) is 18.2. The molecule has 0 spiro atoms. The molecule has 0 aromatic heterocycles. The smallest absolute Gasteiger partial charge is 0.335 e. The quantitative estimate of drug-likeness (QED) is 0.361. The largest absolute Gasteiger partial charge is 0.486 e. The Balaban J connectivity index is 1.52. The van der Waals surface area contributed by atoms with Crippen molar-refractivity contribution in [2.24, 2.45) is 4.99 Å². The van der Waals surface area contributed by atoms with Crippen molar-refractivity contribution in [3.8, 4) is 5.75 Å². The van der Waals surface area contributed by atoms with Crippen LogP contribution in [0.2, 0.25) is 10.0 Å². The van der Waals surface area contributed by atoms with Gasteiger partial charge in [0.2, 0.25) is 0 Å². The molecular weight excluding hydrogens is 514 g/mol. The van der Waals surface area contributed by atoms with Crippen LogP contribution >= 0.6 is 35.0 Å². The number of likely N-dealkylation sites (N-methyl/N-ethyl adjacent to an activating group) is 1. The van der Waals surface area contributed by atoms with Gasteiger partial charge in [-0.05, 0) is 77.5 Å². The first kappa shape index (κ1) is 24.8. The molecule has 0 aliphatic carbocycles. The number of amides is 1. The van der Waals surface area contributed by atoms with Gasteiger partial charge in [-0.1, -0.05) is 35.3 Å². The number of carbonyl (C=O) groups excluding carboxylic acids is 1. The molecule has 0 saturated carbocycles. The molecule has 178 valence electrons. The van der Waals surface area contributed by atoms with Crippen LogP contribution in [0.1, 0.15) is 21.5 Å². The Kier molecular flexibility index (Phi) is 7.45. The summed E-state index contributed by atoms with van der Waals surface area (Å²) in [5.74, 6) is -1.39. The second kappa shape index (κ2) is 10.5. The monoisotopic (exact) mass is 530 g/mol. The molecule has 3 aromatic rings. The Labute approximate surface area is 214 Å². The van der Waals surface area contributed by atoms with E-state index >= 15 is 0 Å². The zero-order valence-corrected chi connectivity index (χ0v) is 20.5. The highest BCUT2D eigenvalue weighted by Gasteiger charge is 2.30.